The first-order valence-corrected chi connectivity index (χ1v) is 8.21. The molecule has 0 spiro atoms. The smallest absolute Gasteiger partial charge is 0.170 e. The Hall–Kier alpha value is -1.33. The minimum Gasteiger partial charge on any atom is -0.497 e. The highest BCUT2D eigenvalue weighted by molar-refractivity contribution is 7.80. The lowest BCUT2D eigenvalue weighted by atomic mass is 10.2. The summed E-state index contributed by atoms with van der Waals surface area (Å²) in [6.45, 7) is 12.7. The van der Waals surface area contributed by atoms with Crippen LogP contribution in [0.5, 0.6) is 5.75 Å². The summed E-state index contributed by atoms with van der Waals surface area (Å²) in [6, 6.07) is 6.97. The van der Waals surface area contributed by atoms with Crippen molar-refractivity contribution in [3.63, 3.8) is 0 Å². The van der Waals surface area contributed by atoms with E-state index in [0.29, 0.717) is 17.2 Å². The Balaban J connectivity index is 2.47. The lowest BCUT2D eigenvalue weighted by molar-refractivity contribution is 0.178. The fraction of sp³-hybridized carbons (Fsp3) is 0.588. The molecule has 0 bridgehead atoms. The molecular weight excluding hydrogens is 294 g/mol. The van der Waals surface area contributed by atoms with E-state index < -0.39 is 0 Å². The highest BCUT2D eigenvalue weighted by Crippen LogP contribution is 2.20. The van der Waals surface area contributed by atoms with E-state index in [4.69, 9.17) is 17.0 Å². The van der Waals surface area contributed by atoms with Crippen molar-refractivity contribution in [3.8, 4) is 5.75 Å². The van der Waals surface area contributed by atoms with Crippen molar-refractivity contribution >= 4 is 23.0 Å². The van der Waals surface area contributed by atoms with Gasteiger partial charge >= 0.3 is 0 Å². The molecule has 0 aromatic heterocycles. The van der Waals surface area contributed by atoms with E-state index in [1.54, 1.807) is 7.11 Å². The summed E-state index contributed by atoms with van der Waals surface area (Å²) in [4.78, 5) is 2.44. The van der Waals surface area contributed by atoms with Crippen molar-refractivity contribution in [2.75, 3.05) is 25.5 Å². The largest absolute Gasteiger partial charge is 0.497 e. The van der Waals surface area contributed by atoms with Crippen LogP contribution in [0.4, 0.5) is 5.69 Å². The number of anilines is 1. The first-order chi connectivity index (χ1) is 10.3. The molecule has 22 heavy (non-hydrogen) atoms. The van der Waals surface area contributed by atoms with Crippen molar-refractivity contribution in [3.05, 3.63) is 23.8 Å². The first-order valence-electron chi connectivity index (χ1n) is 7.80. The summed E-state index contributed by atoms with van der Waals surface area (Å²) in [6.07, 6.45) is 0. The normalized spacial score (nSPS) is 11.1. The second kappa shape index (κ2) is 8.96. The van der Waals surface area contributed by atoms with Crippen LogP contribution in [0.3, 0.4) is 0 Å². The first kappa shape index (κ1) is 18.7. The lowest BCUT2D eigenvalue weighted by Crippen LogP contribution is -2.43. The van der Waals surface area contributed by atoms with Crippen molar-refractivity contribution in [2.45, 2.75) is 46.7 Å². The van der Waals surface area contributed by atoms with Gasteiger partial charge in [0, 0.05) is 30.9 Å². The number of rotatable bonds is 7. The third-order valence-electron chi connectivity index (χ3n) is 3.66. The van der Waals surface area contributed by atoms with Crippen molar-refractivity contribution < 1.29 is 4.74 Å². The molecule has 1 rings (SSSR count). The van der Waals surface area contributed by atoms with E-state index in [-0.39, 0.29) is 0 Å². The topological polar surface area (TPSA) is 36.5 Å². The maximum Gasteiger partial charge on any atom is 0.170 e. The minimum absolute atomic E-state index is 0.534. The highest BCUT2D eigenvalue weighted by atomic mass is 32.1. The van der Waals surface area contributed by atoms with Crippen LogP contribution in [0.25, 0.3) is 0 Å². The van der Waals surface area contributed by atoms with E-state index >= 15 is 0 Å². The van der Waals surface area contributed by atoms with Gasteiger partial charge in [0.15, 0.2) is 5.11 Å². The number of thiocarbonyl (C=S) groups is 1. The molecule has 0 atom stereocenters. The van der Waals surface area contributed by atoms with Gasteiger partial charge in [-0.25, -0.2) is 0 Å². The summed E-state index contributed by atoms with van der Waals surface area (Å²) in [5.41, 5.74) is 2.11. The molecule has 0 saturated carbocycles. The molecule has 0 unspecified atom stereocenters. The number of methoxy groups -OCH3 is 1. The third-order valence-corrected chi connectivity index (χ3v) is 3.91. The van der Waals surface area contributed by atoms with Crippen LogP contribution in [-0.4, -0.2) is 42.3 Å². The second-order valence-electron chi connectivity index (χ2n) is 5.99. The molecule has 0 heterocycles. The van der Waals surface area contributed by atoms with E-state index in [2.05, 4.69) is 43.2 Å². The maximum absolute atomic E-state index is 5.37. The molecule has 2 N–H and O–H groups in total. The quantitative estimate of drug-likeness (QED) is 0.752. The number of ether oxygens (including phenoxy) is 1. The zero-order chi connectivity index (χ0) is 16.7. The predicted octanol–water partition coefficient (Wildman–Crippen LogP) is 3.41. The third kappa shape index (κ3) is 5.81. The van der Waals surface area contributed by atoms with Crippen LogP contribution < -0.4 is 15.4 Å². The Kier molecular flexibility index (Phi) is 7.62. The van der Waals surface area contributed by atoms with E-state index in [0.717, 1.165) is 30.1 Å². The van der Waals surface area contributed by atoms with Crippen molar-refractivity contribution in [2.24, 2.45) is 0 Å². The Morgan fingerprint density at radius 3 is 2.36 bits per heavy atom. The van der Waals surface area contributed by atoms with Crippen LogP contribution in [0.2, 0.25) is 0 Å². The fourth-order valence-electron chi connectivity index (χ4n) is 2.48. The van der Waals surface area contributed by atoms with Crippen LogP contribution in [0.15, 0.2) is 18.2 Å². The van der Waals surface area contributed by atoms with E-state index in [1.807, 2.05) is 25.1 Å². The summed E-state index contributed by atoms with van der Waals surface area (Å²) in [7, 11) is 1.67. The Bertz CT molecular complexity index is 481. The van der Waals surface area contributed by atoms with Gasteiger partial charge < -0.3 is 15.4 Å². The number of nitrogens with zero attached hydrogens (tertiary/aromatic N) is 1. The molecule has 0 fully saturated rings. The maximum atomic E-state index is 5.37. The van der Waals surface area contributed by atoms with Gasteiger partial charge in [-0.3, -0.25) is 4.90 Å². The molecule has 0 saturated heterocycles. The van der Waals surface area contributed by atoms with Crippen LogP contribution in [0.1, 0.15) is 33.3 Å². The molecule has 0 radical (unpaired) electrons. The number of benzene rings is 1. The van der Waals surface area contributed by atoms with Gasteiger partial charge in [0.2, 0.25) is 0 Å². The summed E-state index contributed by atoms with van der Waals surface area (Å²) >= 11 is 5.37. The number of nitrogens with one attached hydrogen (secondary N) is 2. The number of hydrogen-bond donors (Lipinski definition) is 2. The molecule has 4 nitrogen and oxygen atoms in total. The van der Waals surface area contributed by atoms with Gasteiger partial charge in [-0.15, -0.1) is 0 Å². The van der Waals surface area contributed by atoms with Crippen LogP contribution in [-0.2, 0) is 0 Å². The molecule has 5 heteroatoms. The number of hydrogen-bond acceptors (Lipinski definition) is 3. The zero-order valence-corrected chi connectivity index (χ0v) is 15.4. The summed E-state index contributed by atoms with van der Waals surface area (Å²) in [5.74, 6) is 0.853. The van der Waals surface area contributed by atoms with Crippen LogP contribution in [0, 0.1) is 6.92 Å². The Morgan fingerprint density at radius 1 is 1.23 bits per heavy atom. The summed E-state index contributed by atoms with van der Waals surface area (Å²) < 4.78 is 5.21. The van der Waals surface area contributed by atoms with Crippen molar-refractivity contribution in [1.29, 1.82) is 0 Å². The Labute approximate surface area is 140 Å². The van der Waals surface area contributed by atoms with Gasteiger partial charge in [-0.05, 0) is 70.6 Å². The number of aryl methyl sites for hydroxylation is 1. The van der Waals surface area contributed by atoms with Gasteiger partial charge in [0.05, 0.1) is 7.11 Å². The molecule has 0 amide bonds. The minimum atomic E-state index is 0.534. The highest BCUT2D eigenvalue weighted by Gasteiger charge is 2.12. The average molecular weight is 324 g/mol. The standard InChI is InChI=1S/C17H29N3OS/c1-12(2)20(13(3)4)10-9-18-17(22)19-16-8-7-15(21-6)11-14(16)5/h7-8,11-13H,9-10H2,1-6H3,(H2,18,19,22). The molecular formula is C17H29N3OS. The SMILES string of the molecule is COc1ccc(NC(=S)NCCN(C(C)C)C(C)C)c(C)c1. The molecule has 1 aromatic rings. The van der Waals surface area contributed by atoms with Gasteiger partial charge in [0.1, 0.15) is 5.75 Å². The molecule has 124 valence electrons. The van der Waals surface area contributed by atoms with Crippen LogP contribution >= 0.6 is 12.2 Å². The second-order valence-corrected chi connectivity index (χ2v) is 6.40. The molecule has 0 aliphatic heterocycles. The Morgan fingerprint density at radius 2 is 1.86 bits per heavy atom. The molecule has 0 aliphatic rings. The van der Waals surface area contributed by atoms with Crippen molar-refractivity contribution in [1.82, 2.24) is 10.2 Å². The zero-order valence-electron chi connectivity index (χ0n) is 14.6. The average Bonchev–Trinajstić information content (AvgIpc) is 2.44. The van der Waals surface area contributed by atoms with Gasteiger partial charge in [0.25, 0.3) is 0 Å². The van der Waals surface area contributed by atoms with Gasteiger partial charge in [-0.1, -0.05) is 0 Å². The predicted molar refractivity (Wildman–Crippen MR) is 98.9 cm³/mol. The summed E-state index contributed by atoms with van der Waals surface area (Å²) in [5, 5.41) is 7.17. The lowest BCUT2D eigenvalue weighted by Gasteiger charge is -2.30. The van der Waals surface area contributed by atoms with E-state index in [9.17, 15) is 0 Å². The fourth-order valence-corrected chi connectivity index (χ4v) is 2.69. The molecule has 0 aliphatic carbocycles. The van der Waals surface area contributed by atoms with E-state index in [1.165, 1.54) is 0 Å². The monoisotopic (exact) mass is 323 g/mol. The molecule has 1 aromatic carbocycles. The van der Waals surface area contributed by atoms with Gasteiger partial charge in [-0.2, -0.15) is 0 Å².